The molecule has 0 aliphatic carbocycles. The molecule has 6 heteroatoms. The van der Waals surface area contributed by atoms with Gasteiger partial charge in [0.2, 0.25) is 0 Å². The molecule has 0 bridgehead atoms. The Morgan fingerprint density at radius 2 is 2.00 bits per heavy atom. The van der Waals surface area contributed by atoms with E-state index in [4.69, 9.17) is 4.74 Å². The summed E-state index contributed by atoms with van der Waals surface area (Å²) in [5.41, 5.74) is 1.74. The maximum Gasteiger partial charge on any atom is 0.318 e. The number of nitrogens with zero attached hydrogens (tertiary/aromatic N) is 2. The first kappa shape index (κ1) is 21.2. The van der Waals surface area contributed by atoms with Crippen LogP contribution in [0.25, 0.3) is 0 Å². The average Bonchev–Trinajstić information content (AvgIpc) is 2.99. The lowest BCUT2D eigenvalue weighted by Gasteiger charge is -2.29. The van der Waals surface area contributed by atoms with Crippen LogP contribution in [0.15, 0.2) is 29.6 Å². The number of carbonyl (C=O) groups excluding carboxylic acids is 1. The minimum absolute atomic E-state index is 0.0538. The van der Waals surface area contributed by atoms with Gasteiger partial charge < -0.3 is 15.0 Å². The zero-order valence-electron chi connectivity index (χ0n) is 17.2. The Morgan fingerprint density at radius 3 is 2.63 bits per heavy atom. The quantitative estimate of drug-likeness (QED) is 0.725. The Hall–Kier alpha value is -2.08. The summed E-state index contributed by atoms with van der Waals surface area (Å²) < 4.78 is 5.87. The minimum atomic E-state index is -0.263. The standard InChI is InChI=1S/C21H31N3O2S/c1-15(2)11-24(20(25)23-21(4,5)6)12-17-14-27-19(22-17)13-26-18-10-8-7-9-16(18)3/h7-10,14-15H,11-13H2,1-6H3,(H,23,25). The van der Waals surface area contributed by atoms with Crippen molar-refractivity contribution >= 4 is 17.4 Å². The second-order valence-corrected chi connectivity index (χ2v) is 9.18. The largest absolute Gasteiger partial charge is 0.486 e. The molecule has 1 N–H and O–H groups in total. The summed E-state index contributed by atoms with van der Waals surface area (Å²) in [6, 6.07) is 7.90. The Balaban J connectivity index is 2.00. The molecule has 27 heavy (non-hydrogen) atoms. The first-order valence-corrected chi connectivity index (χ1v) is 10.2. The highest BCUT2D eigenvalue weighted by Crippen LogP contribution is 2.20. The van der Waals surface area contributed by atoms with E-state index in [1.54, 1.807) is 11.3 Å². The first-order chi connectivity index (χ1) is 12.6. The number of rotatable bonds is 7. The monoisotopic (exact) mass is 389 g/mol. The van der Waals surface area contributed by atoms with Crippen molar-refractivity contribution in [3.63, 3.8) is 0 Å². The molecule has 1 heterocycles. The zero-order chi connectivity index (χ0) is 20.0. The van der Waals surface area contributed by atoms with Crippen molar-refractivity contribution < 1.29 is 9.53 Å². The third kappa shape index (κ3) is 7.21. The summed E-state index contributed by atoms with van der Waals surface area (Å²) >= 11 is 1.57. The van der Waals surface area contributed by atoms with Crippen molar-refractivity contribution in [2.75, 3.05) is 6.54 Å². The Labute approximate surface area is 166 Å². The smallest absolute Gasteiger partial charge is 0.318 e. The number of ether oxygens (including phenoxy) is 1. The summed E-state index contributed by atoms with van der Waals surface area (Å²) in [6.07, 6.45) is 0. The molecule has 1 aromatic carbocycles. The second kappa shape index (κ2) is 9.22. The minimum Gasteiger partial charge on any atom is -0.486 e. The molecular weight excluding hydrogens is 358 g/mol. The summed E-state index contributed by atoms with van der Waals surface area (Å²) in [6.45, 7) is 13.8. The molecule has 2 aromatic rings. The van der Waals surface area contributed by atoms with Crippen LogP contribution in [0, 0.1) is 12.8 Å². The number of aromatic nitrogens is 1. The number of nitrogens with one attached hydrogen (secondary N) is 1. The van der Waals surface area contributed by atoms with Gasteiger partial charge in [-0.2, -0.15) is 0 Å². The molecule has 0 fully saturated rings. The maximum absolute atomic E-state index is 12.6. The van der Waals surface area contributed by atoms with Gasteiger partial charge in [0.25, 0.3) is 0 Å². The van der Waals surface area contributed by atoms with Crippen LogP contribution in [0.4, 0.5) is 4.79 Å². The lowest BCUT2D eigenvalue weighted by molar-refractivity contribution is 0.178. The highest BCUT2D eigenvalue weighted by molar-refractivity contribution is 7.09. The molecule has 0 aliphatic heterocycles. The van der Waals surface area contributed by atoms with Gasteiger partial charge in [-0.1, -0.05) is 32.0 Å². The Bertz CT molecular complexity index is 750. The first-order valence-electron chi connectivity index (χ1n) is 9.33. The maximum atomic E-state index is 12.6. The van der Waals surface area contributed by atoms with Crippen LogP contribution in [0.1, 0.15) is 50.9 Å². The number of amides is 2. The second-order valence-electron chi connectivity index (χ2n) is 8.24. The molecule has 0 radical (unpaired) electrons. The molecule has 5 nitrogen and oxygen atoms in total. The SMILES string of the molecule is Cc1ccccc1OCc1nc(CN(CC(C)C)C(=O)NC(C)(C)C)cs1. The molecule has 2 amide bonds. The molecule has 0 aliphatic rings. The van der Waals surface area contributed by atoms with E-state index in [1.807, 2.05) is 62.2 Å². The molecule has 148 valence electrons. The van der Waals surface area contributed by atoms with E-state index < -0.39 is 0 Å². The van der Waals surface area contributed by atoms with Crippen LogP contribution in [0.3, 0.4) is 0 Å². The van der Waals surface area contributed by atoms with Crippen LogP contribution in [-0.2, 0) is 13.2 Å². The van der Waals surface area contributed by atoms with Gasteiger partial charge in [-0.05, 0) is 45.2 Å². The number of thiazole rings is 1. The number of carbonyl (C=O) groups is 1. The highest BCUT2D eigenvalue weighted by atomic mass is 32.1. The van der Waals surface area contributed by atoms with Crippen LogP contribution < -0.4 is 10.1 Å². The van der Waals surface area contributed by atoms with E-state index in [0.717, 1.165) is 22.0 Å². The Kier molecular flexibility index (Phi) is 7.25. The van der Waals surface area contributed by atoms with Crippen molar-refractivity contribution in [2.45, 2.75) is 60.2 Å². The van der Waals surface area contributed by atoms with Crippen LogP contribution in [0.2, 0.25) is 0 Å². The van der Waals surface area contributed by atoms with Crippen molar-refractivity contribution in [3.05, 3.63) is 45.9 Å². The summed E-state index contributed by atoms with van der Waals surface area (Å²) in [5, 5.41) is 5.96. The average molecular weight is 390 g/mol. The lowest BCUT2D eigenvalue weighted by atomic mass is 10.1. The fourth-order valence-electron chi connectivity index (χ4n) is 2.60. The van der Waals surface area contributed by atoms with E-state index >= 15 is 0 Å². The van der Waals surface area contributed by atoms with Gasteiger partial charge in [-0.15, -0.1) is 11.3 Å². The lowest BCUT2D eigenvalue weighted by Crippen LogP contribution is -2.49. The summed E-state index contributed by atoms with van der Waals surface area (Å²) in [5.74, 6) is 1.26. The van der Waals surface area contributed by atoms with Gasteiger partial charge >= 0.3 is 6.03 Å². The number of benzene rings is 1. The summed E-state index contributed by atoms with van der Waals surface area (Å²) in [4.78, 5) is 19.1. The zero-order valence-corrected chi connectivity index (χ0v) is 18.0. The third-order valence-corrected chi connectivity index (χ3v) is 4.62. The van der Waals surface area contributed by atoms with E-state index in [-0.39, 0.29) is 11.6 Å². The van der Waals surface area contributed by atoms with Crippen LogP contribution in [0.5, 0.6) is 5.75 Å². The molecule has 0 saturated heterocycles. The van der Waals surface area contributed by atoms with Crippen molar-refractivity contribution in [1.82, 2.24) is 15.2 Å². The predicted molar refractivity (Wildman–Crippen MR) is 111 cm³/mol. The number of para-hydroxylation sites is 1. The van der Waals surface area contributed by atoms with Gasteiger partial charge in [0.15, 0.2) is 0 Å². The van der Waals surface area contributed by atoms with E-state index in [9.17, 15) is 4.79 Å². The van der Waals surface area contributed by atoms with Gasteiger partial charge in [-0.3, -0.25) is 0 Å². The van der Waals surface area contributed by atoms with Gasteiger partial charge in [0.1, 0.15) is 17.4 Å². The van der Waals surface area contributed by atoms with Crippen LogP contribution in [-0.4, -0.2) is 28.0 Å². The summed E-state index contributed by atoms with van der Waals surface area (Å²) in [7, 11) is 0. The van der Waals surface area contributed by atoms with E-state index in [0.29, 0.717) is 25.6 Å². The predicted octanol–water partition coefficient (Wildman–Crippen LogP) is 5.00. The molecule has 0 spiro atoms. The highest BCUT2D eigenvalue weighted by Gasteiger charge is 2.21. The third-order valence-electron chi connectivity index (χ3n) is 3.75. The normalized spacial score (nSPS) is 11.5. The fourth-order valence-corrected chi connectivity index (χ4v) is 3.30. The van der Waals surface area contributed by atoms with Gasteiger partial charge in [-0.25, -0.2) is 9.78 Å². The molecule has 0 unspecified atom stereocenters. The molecular formula is C21H31N3O2S. The molecule has 2 rings (SSSR count). The number of urea groups is 1. The van der Waals surface area contributed by atoms with Crippen molar-refractivity contribution in [2.24, 2.45) is 5.92 Å². The molecule has 0 saturated carbocycles. The number of aryl methyl sites for hydroxylation is 1. The molecule has 1 aromatic heterocycles. The van der Waals surface area contributed by atoms with Gasteiger partial charge in [0, 0.05) is 17.5 Å². The number of hydrogen-bond donors (Lipinski definition) is 1. The Morgan fingerprint density at radius 1 is 1.30 bits per heavy atom. The van der Waals surface area contributed by atoms with Crippen molar-refractivity contribution in [3.8, 4) is 5.75 Å². The fraction of sp³-hybridized carbons (Fsp3) is 0.524. The van der Waals surface area contributed by atoms with E-state index in [2.05, 4.69) is 24.1 Å². The van der Waals surface area contributed by atoms with Crippen LogP contribution >= 0.6 is 11.3 Å². The van der Waals surface area contributed by atoms with E-state index in [1.165, 1.54) is 0 Å². The van der Waals surface area contributed by atoms with Crippen molar-refractivity contribution in [1.29, 1.82) is 0 Å². The topological polar surface area (TPSA) is 54.5 Å². The van der Waals surface area contributed by atoms with Gasteiger partial charge in [0.05, 0.1) is 12.2 Å². The molecule has 0 atom stereocenters. The number of hydrogen-bond acceptors (Lipinski definition) is 4.